The van der Waals surface area contributed by atoms with E-state index in [4.69, 9.17) is 0 Å². The Kier molecular flexibility index (Phi) is 5.76. The summed E-state index contributed by atoms with van der Waals surface area (Å²) >= 11 is 5.20. The predicted molar refractivity (Wildman–Crippen MR) is 85.3 cm³/mol. The topological polar surface area (TPSA) is 20.3 Å². The minimum Gasteiger partial charge on any atom is -0.342 e. The maximum atomic E-state index is 12.3. The minimum absolute atomic E-state index is 0.0529. The molecule has 0 aliphatic carbocycles. The molecule has 1 fully saturated rings. The fourth-order valence-corrected chi connectivity index (χ4v) is 3.65. The van der Waals surface area contributed by atoms with Crippen LogP contribution in [0, 0.1) is 0 Å². The number of nitrogens with zero attached hydrogens (tertiary/aromatic N) is 1. The van der Waals surface area contributed by atoms with Crippen LogP contribution in [-0.2, 0) is 10.5 Å². The number of benzene rings is 1. The van der Waals surface area contributed by atoms with Crippen molar-refractivity contribution in [3.63, 3.8) is 0 Å². The second kappa shape index (κ2) is 7.34. The van der Waals surface area contributed by atoms with Gasteiger partial charge >= 0.3 is 0 Å². The fourth-order valence-electron chi connectivity index (χ4n) is 2.29. The molecule has 1 unspecified atom stereocenters. The molecule has 0 aromatic heterocycles. The third-order valence-corrected chi connectivity index (χ3v) is 5.10. The van der Waals surface area contributed by atoms with Crippen LogP contribution in [0.2, 0.25) is 0 Å². The summed E-state index contributed by atoms with van der Waals surface area (Å²) in [5, 5.41) is 0.0529. The molecular weight excluding hydrogens is 322 g/mol. The molecule has 104 valence electrons. The van der Waals surface area contributed by atoms with Gasteiger partial charge in [0.1, 0.15) is 0 Å². The van der Waals surface area contributed by atoms with Gasteiger partial charge in [-0.25, -0.2) is 0 Å². The van der Waals surface area contributed by atoms with Crippen molar-refractivity contribution in [2.24, 2.45) is 0 Å². The molecule has 1 saturated heterocycles. The Morgan fingerprint density at radius 1 is 1.37 bits per heavy atom. The van der Waals surface area contributed by atoms with Crippen molar-refractivity contribution >= 4 is 33.6 Å². The van der Waals surface area contributed by atoms with Gasteiger partial charge in [-0.3, -0.25) is 4.79 Å². The summed E-state index contributed by atoms with van der Waals surface area (Å²) in [7, 11) is 0. The smallest absolute Gasteiger partial charge is 0.235 e. The molecule has 19 heavy (non-hydrogen) atoms. The number of rotatable bonds is 4. The van der Waals surface area contributed by atoms with Crippen molar-refractivity contribution in [2.45, 2.75) is 37.2 Å². The van der Waals surface area contributed by atoms with Gasteiger partial charge in [0.2, 0.25) is 5.91 Å². The molecule has 0 N–H and O–H groups in total. The lowest BCUT2D eigenvalue weighted by molar-refractivity contribution is -0.131. The second-order valence-electron chi connectivity index (χ2n) is 4.97. The van der Waals surface area contributed by atoms with Gasteiger partial charge in [0.05, 0.1) is 5.25 Å². The monoisotopic (exact) mass is 341 g/mol. The summed E-state index contributed by atoms with van der Waals surface area (Å²) in [6.07, 6.45) is 3.59. The number of carbonyl (C=O) groups is 1. The van der Waals surface area contributed by atoms with Gasteiger partial charge in [0.25, 0.3) is 0 Å². The van der Waals surface area contributed by atoms with Crippen molar-refractivity contribution in [1.29, 1.82) is 0 Å². The van der Waals surface area contributed by atoms with Crippen LogP contribution in [0.1, 0.15) is 31.7 Å². The Balaban J connectivity index is 1.83. The van der Waals surface area contributed by atoms with Crippen molar-refractivity contribution in [2.75, 3.05) is 13.1 Å². The number of piperidine rings is 1. The number of hydrogen-bond donors (Lipinski definition) is 0. The number of hydrogen-bond acceptors (Lipinski definition) is 2. The molecule has 1 amide bonds. The SMILES string of the molecule is CC(SCc1cccc(Br)c1)C(=O)N1CCCCC1. The van der Waals surface area contributed by atoms with Gasteiger partial charge in [-0.2, -0.15) is 0 Å². The Morgan fingerprint density at radius 3 is 2.79 bits per heavy atom. The first-order valence-corrected chi connectivity index (χ1v) is 8.66. The van der Waals surface area contributed by atoms with E-state index in [1.165, 1.54) is 12.0 Å². The molecule has 1 aliphatic heterocycles. The van der Waals surface area contributed by atoms with Crippen molar-refractivity contribution in [1.82, 2.24) is 4.90 Å². The summed E-state index contributed by atoms with van der Waals surface area (Å²) in [6.45, 7) is 3.92. The number of carbonyl (C=O) groups excluding carboxylic acids is 1. The van der Waals surface area contributed by atoms with Crippen LogP contribution in [-0.4, -0.2) is 29.1 Å². The molecule has 1 aromatic carbocycles. The lowest BCUT2D eigenvalue weighted by Gasteiger charge is -2.29. The Bertz CT molecular complexity index is 432. The van der Waals surface area contributed by atoms with E-state index in [2.05, 4.69) is 28.1 Å². The third kappa shape index (κ3) is 4.53. The summed E-state index contributed by atoms with van der Waals surface area (Å²) < 4.78 is 1.10. The Hall–Kier alpha value is -0.480. The minimum atomic E-state index is 0.0529. The van der Waals surface area contributed by atoms with Gasteiger partial charge in [0, 0.05) is 23.3 Å². The van der Waals surface area contributed by atoms with Gasteiger partial charge < -0.3 is 4.90 Å². The van der Waals surface area contributed by atoms with Crippen LogP contribution in [0.3, 0.4) is 0 Å². The summed E-state index contributed by atoms with van der Waals surface area (Å²) in [4.78, 5) is 14.3. The van der Waals surface area contributed by atoms with E-state index in [1.54, 1.807) is 11.8 Å². The average Bonchev–Trinajstić information content (AvgIpc) is 2.45. The molecule has 4 heteroatoms. The molecule has 0 spiro atoms. The van der Waals surface area contributed by atoms with Crippen LogP contribution in [0.25, 0.3) is 0 Å². The van der Waals surface area contributed by atoms with Crippen molar-refractivity contribution < 1.29 is 4.79 Å². The molecule has 1 aromatic rings. The number of likely N-dealkylation sites (tertiary alicyclic amines) is 1. The zero-order valence-corrected chi connectivity index (χ0v) is 13.7. The molecule has 1 aliphatic rings. The molecule has 1 atom stereocenters. The van der Waals surface area contributed by atoms with E-state index in [0.717, 1.165) is 36.2 Å². The van der Waals surface area contributed by atoms with Crippen molar-refractivity contribution in [3.05, 3.63) is 34.3 Å². The first-order valence-electron chi connectivity index (χ1n) is 6.81. The zero-order valence-electron chi connectivity index (χ0n) is 11.3. The van der Waals surface area contributed by atoms with Crippen LogP contribution in [0.5, 0.6) is 0 Å². The largest absolute Gasteiger partial charge is 0.342 e. The normalized spacial score (nSPS) is 17.3. The third-order valence-electron chi connectivity index (χ3n) is 3.40. The lowest BCUT2D eigenvalue weighted by atomic mass is 10.1. The highest BCUT2D eigenvalue weighted by molar-refractivity contribution is 9.10. The predicted octanol–water partition coefficient (Wildman–Crippen LogP) is 4.08. The summed E-state index contributed by atoms with van der Waals surface area (Å²) in [5.41, 5.74) is 1.26. The maximum Gasteiger partial charge on any atom is 0.235 e. The van der Waals surface area contributed by atoms with Gasteiger partial charge in [-0.15, -0.1) is 11.8 Å². The maximum absolute atomic E-state index is 12.3. The number of halogens is 1. The van der Waals surface area contributed by atoms with Crippen LogP contribution in [0.4, 0.5) is 0 Å². The number of thioether (sulfide) groups is 1. The van der Waals surface area contributed by atoms with E-state index in [9.17, 15) is 4.79 Å². The van der Waals surface area contributed by atoms with Gasteiger partial charge in [0.15, 0.2) is 0 Å². The van der Waals surface area contributed by atoms with Gasteiger partial charge in [-0.1, -0.05) is 28.1 Å². The quantitative estimate of drug-likeness (QED) is 0.822. The molecule has 1 heterocycles. The van der Waals surface area contributed by atoms with Crippen LogP contribution < -0.4 is 0 Å². The molecule has 0 radical (unpaired) electrons. The fraction of sp³-hybridized carbons (Fsp3) is 0.533. The average molecular weight is 342 g/mol. The zero-order chi connectivity index (χ0) is 13.7. The highest BCUT2D eigenvalue weighted by Gasteiger charge is 2.22. The van der Waals surface area contributed by atoms with Crippen LogP contribution in [0.15, 0.2) is 28.7 Å². The van der Waals surface area contributed by atoms with Crippen molar-refractivity contribution in [3.8, 4) is 0 Å². The molecule has 0 saturated carbocycles. The van der Waals surface area contributed by atoms with E-state index < -0.39 is 0 Å². The standard InChI is InChI=1S/C15H20BrNOS/c1-12(15(18)17-8-3-2-4-9-17)19-11-13-6-5-7-14(16)10-13/h5-7,10,12H,2-4,8-9,11H2,1H3. The first-order chi connectivity index (χ1) is 9.16. The second-order valence-corrected chi connectivity index (χ2v) is 7.21. The Labute approximate surface area is 128 Å². The van der Waals surface area contributed by atoms with E-state index >= 15 is 0 Å². The first kappa shape index (κ1) is 14.9. The highest BCUT2D eigenvalue weighted by atomic mass is 79.9. The van der Waals surface area contributed by atoms with E-state index in [0.29, 0.717) is 5.91 Å². The lowest BCUT2D eigenvalue weighted by Crippen LogP contribution is -2.40. The van der Waals surface area contributed by atoms with E-state index in [1.807, 2.05) is 24.0 Å². The number of amides is 1. The highest BCUT2D eigenvalue weighted by Crippen LogP contribution is 2.22. The molecule has 2 rings (SSSR count). The molecule has 0 bridgehead atoms. The summed E-state index contributed by atoms with van der Waals surface area (Å²) in [5.74, 6) is 1.19. The molecule has 2 nitrogen and oxygen atoms in total. The summed E-state index contributed by atoms with van der Waals surface area (Å²) in [6, 6.07) is 8.29. The molecular formula is C15H20BrNOS. The van der Waals surface area contributed by atoms with E-state index in [-0.39, 0.29) is 5.25 Å². The van der Waals surface area contributed by atoms with Crippen LogP contribution >= 0.6 is 27.7 Å². The van der Waals surface area contributed by atoms with Gasteiger partial charge in [-0.05, 0) is 43.9 Å². The Morgan fingerprint density at radius 2 is 2.11 bits per heavy atom.